The van der Waals surface area contributed by atoms with Crippen LogP contribution in [0.15, 0.2) is 24.3 Å². The van der Waals surface area contributed by atoms with Gasteiger partial charge in [-0.05, 0) is 30.9 Å². The molecule has 0 radical (unpaired) electrons. The van der Waals surface area contributed by atoms with Crippen LogP contribution in [0.1, 0.15) is 63.0 Å². The first-order chi connectivity index (χ1) is 9.27. The van der Waals surface area contributed by atoms with Crippen molar-refractivity contribution in [2.45, 2.75) is 71.3 Å². The highest BCUT2D eigenvalue weighted by Crippen LogP contribution is 2.14. The number of hydrogen-bond acceptors (Lipinski definition) is 2. The molecule has 0 aromatic heterocycles. The summed E-state index contributed by atoms with van der Waals surface area (Å²) in [5.41, 5.74) is 5.76. The Bertz CT molecular complexity index is 336. The van der Waals surface area contributed by atoms with Crippen LogP contribution in [0, 0.1) is 6.92 Å². The van der Waals surface area contributed by atoms with Crippen molar-refractivity contribution in [1.29, 1.82) is 0 Å². The van der Waals surface area contributed by atoms with E-state index in [0.29, 0.717) is 6.04 Å². The lowest BCUT2D eigenvalue weighted by Gasteiger charge is -2.17. The van der Waals surface area contributed by atoms with Gasteiger partial charge in [-0.1, -0.05) is 69.7 Å². The van der Waals surface area contributed by atoms with E-state index in [1.165, 1.54) is 56.1 Å². The minimum atomic E-state index is 0.410. The predicted molar refractivity (Wildman–Crippen MR) is 84.0 cm³/mol. The summed E-state index contributed by atoms with van der Waals surface area (Å²) in [4.78, 5) is 0. The van der Waals surface area contributed by atoms with Gasteiger partial charge in [0, 0.05) is 6.04 Å². The Labute approximate surface area is 118 Å². The standard InChI is InChI=1S/C17H30N2/c1-3-4-5-6-7-8-13-17(19-18)14-16-12-10-9-11-15(16)2/h9-12,17,19H,3-8,13-14,18H2,1-2H3. The Morgan fingerprint density at radius 3 is 2.42 bits per heavy atom. The molecule has 0 aliphatic heterocycles. The van der Waals surface area contributed by atoms with Gasteiger partial charge in [0.05, 0.1) is 0 Å². The van der Waals surface area contributed by atoms with E-state index >= 15 is 0 Å². The maximum Gasteiger partial charge on any atom is 0.0251 e. The Balaban J connectivity index is 2.24. The van der Waals surface area contributed by atoms with Crippen LogP contribution in [0.3, 0.4) is 0 Å². The minimum Gasteiger partial charge on any atom is -0.271 e. The van der Waals surface area contributed by atoms with E-state index in [0.717, 1.165) is 6.42 Å². The lowest BCUT2D eigenvalue weighted by atomic mass is 9.97. The molecule has 0 spiro atoms. The highest BCUT2D eigenvalue weighted by Gasteiger charge is 2.08. The molecule has 1 unspecified atom stereocenters. The smallest absolute Gasteiger partial charge is 0.0251 e. The third-order valence-electron chi connectivity index (χ3n) is 3.87. The normalized spacial score (nSPS) is 12.6. The summed E-state index contributed by atoms with van der Waals surface area (Å²) in [5, 5.41) is 0. The van der Waals surface area contributed by atoms with Gasteiger partial charge >= 0.3 is 0 Å². The summed E-state index contributed by atoms with van der Waals surface area (Å²) in [6.07, 6.45) is 10.3. The number of hydrogen-bond donors (Lipinski definition) is 2. The Morgan fingerprint density at radius 2 is 1.74 bits per heavy atom. The number of rotatable bonds is 10. The van der Waals surface area contributed by atoms with Crippen LogP contribution >= 0.6 is 0 Å². The van der Waals surface area contributed by atoms with Crippen molar-refractivity contribution in [1.82, 2.24) is 5.43 Å². The van der Waals surface area contributed by atoms with Crippen molar-refractivity contribution < 1.29 is 0 Å². The fraction of sp³-hybridized carbons (Fsp3) is 0.647. The zero-order valence-electron chi connectivity index (χ0n) is 12.6. The molecule has 0 amide bonds. The number of benzene rings is 1. The molecule has 1 aromatic carbocycles. The molecule has 2 heteroatoms. The second kappa shape index (κ2) is 9.99. The molecule has 0 bridgehead atoms. The molecule has 1 rings (SSSR count). The predicted octanol–water partition coefficient (Wildman–Crippen LogP) is 4.12. The summed E-state index contributed by atoms with van der Waals surface area (Å²) >= 11 is 0. The SMILES string of the molecule is CCCCCCCCC(Cc1ccccc1C)NN. The number of nitrogens with one attached hydrogen (secondary N) is 1. The van der Waals surface area contributed by atoms with Crippen LogP contribution < -0.4 is 11.3 Å². The molecule has 1 aromatic rings. The summed E-state index contributed by atoms with van der Waals surface area (Å²) in [7, 11) is 0. The first-order valence-corrected chi connectivity index (χ1v) is 7.78. The molecule has 1 atom stereocenters. The molecule has 0 aliphatic rings. The first-order valence-electron chi connectivity index (χ1n) is 7.78. The third-order valence-corrected chi connectivity index (χ3v) is 3.87. The van der Waals surface area contributed by atoms with Gasteiger partial charge in [-0.2, -0.15) is 0 Å². The largest absolute Gasteiger partial charge is 0.271 e. The maximum absolute atomic E-state index is 5.68. The Morgan fingerprint density at radius 1 is 1.05 bits per heavy atom. The molecule has 19 heavy (non-hydrogen) atoms. The summed E-state index contributed by atoms with van der Waals surface area (Å²) < 4.78 is 0. The van der Waals surface area contributed by atoms with Crippen LogP contribution in [0.4, 0.5) is 0 Å². The Kier molecular flexibility index (Phi) is 8.52. The van der Waals surface area contributed by atoms with E-state index in [1.807, 2.05) is 0 Å². The van der Waals surface area contributed by atoms with Crippen molar-refractivity contribution >= 4 is 0 Å². The number of nitrogens with two attached hydrogens (primary N) is 1. The van der Waals surface area contributed by atoms with Gasteiger partial charge in [-0.25, -0.2) is 0 Å². The molecular weight excluding hydrogens is 232 g/mol. The van der Waals surface area contributed by atoms with Crippen molar-refractivity contribution in [3.8, 4) is 0 Å². The monoisotopic (exact) mass is 262 g/mol. The second-order valence-electron chi connectivity index (χ2n) is 5.55. The first kappa shape index (κ1) is 16.2. The maximum atomic E-state index is 5.68. The molecule has 0 saturated carbocycles. The fourth-order valence-electron chi connectivity index (χ4n) is 2.52. The molecule has 0 fully saturated rings. The molecule has 0 heterocycles. The number of unbranched alkanes of at least 4 members (excludes halogenated alkanes) is 5. The zero-order valence-corrected chi connectivity index (χ0v) is 12.6. The van der Waals surface area contributed by atoms with E-state index in [-0.39, 0.29) is 0 Å². The number of hydrazine groups is 1. The zero-order chi connectivity index (χ0) is 13.9. The van der Waals surface area contributed by atoms with Crippen molar-refractivity contribution in [2.24, 2.45) is 5.84 Å². The summed E-state index contributed by atoms with van der Waals surface area (Å²) in [6.45, 7) is 4.43. The highest BCUT2D eigenvalue weighted by molar-refractivity contribution is 5.26. The van der Waals surface area contributed by atoms with Crippen LogP contribution in [0.5, 0.6) is 0 Å². The molecule has 3 N–H and O–H groups in total. The average Bonchev–Trinajstić information content (AvgIpc) is 2.43. The lowest BCUT2D eigenvalue weighted by Crippen LogP contribution is -2.36. The molecular formula is C17H30N2. The summed E-state index contributed by atoms with van der Waals surface area (Å²) in [5.74, 6) is 5.68. The van der Waals surface area contributed by atoms with Crippen LogP contribution in [0.2, 0.25) is 0 Å². The quantitative estimate of drug-likeness (QED) is 0.378. The van der Waals surface area contributed by atoms with E-state index in [9.17, 15) is 0 Å². The van der Waals surface area contributed by atoms with Crippen LogP contribution in [-0.4, -0.2) is 6.04 Å². The van der Waals surface area contributed by atoms with E-state index in [4.69, 9.17) is 5.84 Å². The van der Waals surface area contributed by atoms with Crippen molar-refractivity contribution in [3.05, 3.63) is 35.4 Å². The molecule has 2 nitrogen and oxygen atoms in total. The second-order valence-corrected chi connectivity index (χ2v) is 5.55. The van der Waals surface area contributed by atoms with Gasteiger partial charge in [0.2, 0.25) is 0 Å². The van der Waals surface area contributed by atoms with Crippen LogP contribution in [-0.2, 0) is 6.42 Å². The summed E-state index contributed by atoms with van der Waals surface area (Å²) in [6, 6.07) is 9.00. The highest BCUT2D eigenvalue weighted by atomic mass is 15.2. The van der Waals surface area contributed by atoms with Crippen molar-refractivity contribution in [2.75, 3.05) is 0 Å². The van der Waals surface area contributed by atoms with Crippen LogP contribution in [0.25, 0.3) is 0 Å². The average molecular weight is 262 g/mol. The third kappa shape index (κ3) is 6.74. The topological polar surface area (TPSA) is 38.0 Å². The van der Waals surface area contributed by atoms with Gasteiger partial charge in [0.1, 0.15) is 0 Å². The molecule has 108 valence electrons. The van der Waals surface area contributed by atoms with Gasteiger partial charge in [-0.3, -0.25) is 11.3 Å². The number of aryl methyl sites for hydroxylation is 1. The minimum absolute atomic E-state index is 0.410. The van der Waals surface area contributed by atoms with Gasteiger partial charge in [-0.15, -0.1) is 0 Å². The molecule has 0 aliphatic carbocycles. The van der Waals surface area contributed by atoms with Gasteiger partial charge in [0.25, 0.3) is 0 Å². The van der Waals surface area contributed by atoms with Gasteiger partial charge < -0.3 is 0 Å². The van der Waals surface area contributed by atoms with E-state index in [2.05, 4.69) is 43.5 Å². The van der Waals surface area contributed by atoms with Gasteiger partial charge in [0.15, 0.2) is 0 Å². The fourth-order valence-corrected chi connectivity index (χ4v) is 2.52. The van der Waals surface area contributed by atoms with E-state index < -0.39 is 0 Å². The Hall–Kier alpha value is -0.860. The van der Waals surface area contributed by atoms with E-state index in [1.54, 1.807) is 0 Å². The molecule has 0 saturated heterocycles. The van der Waals surface area contributed by atoms with Crippen molar-refractivity contribution in [3.63, 3.8) is 0 Å². The lowest BCUT2D eigenvalue weighted by molar-refractivity contribution is 0.459.